The van der Waals surface area contributed by atoms with Crippen molar-refractivity contribution in [2.24, 2.45) is 0 Å². The molecule has 0 saturated carbocycles. The number of benzene rings is 1. The molecule has 7 heteroatoms. The van der Waals surface area contributed by atoms with Crippen molar-refractivity contribution in [3.8, 4) is 11.8 Å². The third-order valence-corrected chi connectivity index (χ3v) is 3.03. The maximum atomic E-state index is 11.7. The number of carbonyl (C=O) groups excluding carboxylic acids is 1. The Balaban J connectivity index is 2.37. The highest BCUT2D eigenvalue weighted by Crippen LogP contribution is 2.19. The third-order valence-electron chi connectivity index (χ3n) is 3.03. The number of ether oxygens (including phenoxy) is 1. The molecule has 1 aromatic carbocycles. The zero-order chi connectivity index (χ0) is 16.8. The summed E-state index contributed by atoms with van der Waals surface area (Å²) in [5, 5.41) is 19.8. The first-order valence-corrected chi connectivity index (χ1v) is 6.78. The van der Waals surface area contributed by atoms with Crippen molar-refractivity contribution in [1.29, 1.82) is 5.26 Å². The van der Waals surface area contributed by atoms with E-state index < -0.39 is 10.9 Å². The van der Waals surface area contributed by atoms with Crippen LogP contribution in [-0.2, 0) is 9.53 Å². The number of aromatic nitrogens is 1. The van der Waals surface area contributed by atoms with Gasteiger partial charge in [0.05, 0.1) is 11.5 Å². The van der Waals surface area contributed by atoms with Crippen molar-refractivity contribution in [2.45, 2.75) is 6.92 Å². The first-order valence-electron chi connectivity index (χ1n) is 6.78. The maximum absolute atomic E-state index is 11.7. The van der Waals surface area contributed by atoms with E-state index in [9.17, 15) is 14.9 Å². The van der Waals surface area contributed by atoms with Gasteiger partial charge in [-0.3, -0.25) is 10.1 Å². The predicted molar refractivity (Wildman–Crippen MR) is 82.6 cm³/mol. The molecule has 0 radical (unpaired) electrons. The van der Waals surface area contributed by atoms with Crippen molar-refractivity contribution in [3.05, 3.63) is 64.0 Å². The number of esters is 1. The van der Waals surface area contributed by atoms with Gasteiger partial charge in [0.25, 0.3) is 5.69 Å². The second-order valence-electron chi connectivity index (χ2n) is 4.47. The number of nitro benzene ring substituents is 1. The van der Waals surface area contributed by atoms with Crippen molar-refractivity contribution in [1.82, 2.24) is 4.57 Å². The third kappa shape index (κ3) is 3.63. The quantitative estimate of drug-likeness (QED) is 0.278. The van der Waals surface area contributed by atoms with E-state index in [1.807, 2.05) is 6.07 Å². The van der Waals surface area contributed by atoms with Gasteiger partial charge in [0.15, 0.2) is 0 Å². The lowest BCUT2D eigenvalue weighted by Crippen LogP contribution is -2.06. The van der Waals surface area contributed by atoms with Crippen LogP contribution < -0.4 is 0 Å². The van der Waals surface area contributed by atoms with E-state index in [1.165, 1.54) is 18.2 Å². The van der Waals surface area contributed by atoms with E-state index >= 15 is 0 Å². The van der Waals surface area contributed by atoms with Crippen molar-refractivity contribution < 1.29 is 14.5 Å². The fourth-order valence-corrected chi connectivity index (χ4v) is 1.98. The van der Waals surface area contributed by atoms with Crippen LogP contribution in [0.4, 0.5) is 5.69 Å². The summed E-state index contributed by atoms with van der Waals surface area (Å²) in [4.78, 5) is 21.9. The van der Waals surface area contributed by atoms with Crippen LogP contribution in [0.15, 0.2) is 48.2 Å². The lowest BCUT2D eigenvalue weighted by molar-refractivity contribution is -0.384. The Morgan fingerprint density at radius 1 is 1.39 bits per heavy atom. The summed E-state index contributed by atoms with van der Waals surface area (Å²) in [6.07, 6.45) is 3.15. The highest BCUT2D eigenvalue weighted by Gasteiger charge is 2.12. The Kier molecular flexibility index (Phi) is 4.89. The van der Waals surface area contributed by atoms with Gasteiger partial charge in [-0.1, -0.05) is 0 Å². The average molecular weight is 311 g/mol. The number of hydrogen-bond acceptors (Lipinski definition) is 5. The number of nitrogens with zero attached hydrogens (tertiary/aromatic N) is 3. The number of carbonyl (C=O) groups is 1. The van der Waals surface area contributed by atoms with Gasteiger partial charge < -0.3 is 9.30 Å². The smallest absolute Gasteiger partial charge is 0.348 e. The minimum atomic E-state index is -0.688. The summed E-state index contributed by atoms with van der Waals surface area (Å²) < 4.78 is 6.53. The van der Waals surface area contributed by atoms with Gasteiger partial charge in [-0.2, -0.15) is 5.26 Å². The van der Waals surface area contributed by atoms with Crippen LogP contribution in [0.5, 0.6) is 0 Å². The number of rotatable bonds is 5. The van der Waals surface area contributed by atoms with Crippen molar-refractivity contribution in [2.75, 3.05) is 6.61 Å². The van der Waals surface area contributed by atoms with Gasteiger partial charge in [-0.15, -0.1) is 0 Å². The number of hydrogen-bond donors (Lipinski definition) is 0. The van der Waals surface area contributed by atoms with Crippen LogP contribution in [0, 0.1) is 21.4 Å². The molecule has 0 unspecified atom stereocenters. The van der Waals surface area contributed by atoms with E-state index in [-0.39, 0.29) is 17.9 Å². The molecule has 0 atom stereocenters. The molecule has 0 aliphatic heterocycles. The number of non-ortho nitro benzene ring substituents is 1. The Bertz CT molecular complexity index is 797. The minimum absolute atomic E-state index is 0.0118. The second kappa shape index (κ2) is 7.04. The molecule has 0 fully saturated rings. The van der Waals surface area contributed by atoms with Gasteiger partial charge in [0, 0.05) is 29.7 Å². The lowest BCUT2D eigenvalue weighted by Gasteiger charge is -2.07. The zero-order valence-corrected chi connectivity index (χ0v) is 12.3. The molecule has 7 nitrogen and oxygen atoms in total. The molecule has 0 saturated heterocycles. The molecule has 0 bridgehead atoms. The van der Waals surface area contributed by atoms with Crippen LogP contribution >= 0.6 is 0 Å². The number of nitriles is 1. The van der Waals surface area contributed by atoms with Crippen molar-refractivity contribution in [3.63, 3.8) is 0 Å². The average Bonchev–Trinajstić information content (AvgIpc) is 3.01. The Hall–Kier alpha value is -3.40. The van der Waals surface area contributed by atoms with Crippen molar-refractivity contribution >= 4 is 17.7 Å². The first kappa shape index (κ1) is 16.0. The molecule has 0 spiro atoms. The molecule has 23 heavy (non-hydrogen) atoms. The molecule has 0 N–H and O–H groups in total. The summed E-state index contributed by atoms with van der Waals surface area (Å²) in [7, 11) is 0. The normalized spacial score (nSPS) is 10.9. The first-order chi connectivity index (χ1) is 11.1. The Morgan fingerprint density at radius 3 is 2.65 bits per heavy atom. The maximum Gasteiger partial charge on any atom is 0.348 e. The fourth-order valence-electron chi connectivity index (χ4n) is 1.98. The SMILES string of the molecule is CCOC(=O)C(C#N)=Cc1cccn1-c1ccc([N+](=O)[O-])cc1. The Morgan fingerprint density at radius 2 is 2.09 bits per heavy atom. The standard InChI is InChI=1S/C16H13N3O4/c1-2-23-16(20)12(11-17)10-15-4-3-9-18(15)13-5-7-14(8-6-13)19(21)22/h3-10H,2H2,1H3. The molecule has 1 aromatic heterocycles. The van der Waals surface area contributed by atoms with E-state index in [1.54, 1.807) is 42.0 Å². The van der Waals surface area contributed by atoms with E-state index in [0.29, 0.717) is 11.4 Å². The van der Waals surface area contributed by atoms with Crippen LogP contribution in [0.2, 0.25) is 0 Å². The molecule has 1 heterocycles. The van der Waals surface area contributed by atoms with Crippen LogP contribution in [0.3, 0.4) is 0 Å². The number of nitro groups is 1. The summed E-state index contributed by atoms with van der Waals surface area (Å²) in [5.74, 6) is -0.688. The monoisotopic (exact) mass is 311 g/mol. The molecule has 116 valence electrons. The van der Waals surface area contributed by atoms with Gasteiger partial charge >= 0.3 is 5.97 Å². The largest absolute Gasteiger partial charge is 0.462 e. The van der Waals surface area contributed by atoms with Gasteiger partial charge in [0.2, 0.25) is 0 Å². The highest BCUT2D eigenvalue weighted by atomic mass is 16.6. The molecule has 2 rings (SSSR count). The van der Waals surface area contributed by atoms with Crippen LogP contribution in [0.1, 0.15) is 12.6 Å². The van der Waals surface area contributed by atoms with Crippen LogP contribution in [-0.4, -0.2) is 22.1 Å². The predicted octanol–water partition coefficient (Wildman–Crippen LogP) is 2.86. The van der Waals surface area contributed by atoms with Gasteiger partial charge in [-0.25, -0.2) is 4.79 Å². The van der Waals surface area contributed by atoms with E-state index in [2.05, 4.69) is 0 Å². The molecule has 0 aliphatic carbocycles. The molecule has 0 aliphatic rings. The summed E-state index contributed by atoms with van der Waals surface area (Å²) >= 11 is 0. The second-order valence-corrected chi connectivity index (χ2v) is 4.47. The summed E-state index contributed by atoms with van der Waals surface area (Å²) in [6.45, 7) is 1.84. The Labute approximate surface area is 132 Å². The van der Waals surface area contributed by atoms with E-state index in [4.69, 9.17) is 10.00 Å². The highest BCUT2D eigenvalue weighted by molar-refractivity contribution is 5.97. The molecular weight excluding hydrogens is 298 g/mol. The minimum Gasteiger partial charge on any atom is -0.462 e. The summed E-state index contributed by atoms with van der Waals surface area (Å²) in [6, 6.07) is 11.2. The topological polar surface area (TPSA) is 98.2 Å². The zero-order valence-electron chi connectivity index (χ0n) is 12.3. The summed E-state index contributed by atoms with van der Waals surface area (Å²) in [5.41, 5.74) is 1.13. The molecular formula is C16H13N3O4. The molecule has 0 amide bonds. The van der Waals surface area contributed by atoms with Crippen LogP contribution in [0.25, 0.3) is 11.8 Å². The van der Waals surface area contributed by atoms with Gasteiger partial charge in [0.1, 0.15) is 11.6 Å². The molecule has 2 aromatic rings. The fraction of sp³-hybridized carbons (Fsp3) is 0.125. The lowest BCUT2D eigenvalue weighted by atomic mass is 10.2. The van der Waals surface area contributed by atoms with Gasteiger partial charge in [-0.05, 0) is 37.3 Å². The van der Waals surface area contributed by atoms with E-state index in [0.717, 1.165) is 0 Å².